The highest BCUT2D eigenvalue weighted by molar-refractivity contribution is 5.83. The molecule has 1 aromatic rings. The molecule has 3 heterocycles. The molecule has 0 atom stereocenters. The molecule has 1 aromatic heterocycles. The van der Waals surface area contributed by atoms with Gasteiger partial charge in [0.15, 0.2) is 0 Å². The summed E-state index contributed by atoms with van der Waals surface area (Å²) >= 11 is 0. The lowest BCUT2D eigenvalue weighted by Gasteiger charge is -2.42. The van der Waals surface area contributed by atoms with E-state index in [-0.39, 0.29) is 5.91 Å². The molecule has 26 heavy (non-hydrogen) atoms. The molecular weight excluding hydrogens is 344 g/mol. The van der Waals surface area contributed by atoms with Crippen molar-refractivity contribution in [3.05, 3.63) is 18.2 Å². The fourth-order valence-corrected chi connectivity index (χ4v) is 3.89. The number of alkyl halides is 2. The molecule has 0 spiro atoms. The minimum Gasteiger partial charge on any atom is -0.384 e. The van der Waals surface area contributed by atoms with Gasteiger partial charge in [-0.05, 0) is 25.9 Å². The van der Waals surface area contributed by atoms with Gasteiger partial charge in [0.05, 0.1) is 18.6 Å². The van der Waals surface area contributed by atoms with Crippen LogP contribution < -0.4 is 5.32 Å². The average molecular weight is 371 g/mol. The molecule has 146 valence electrons. The van der Waals surface area contributed by atoms with Crippen LogP contribution in [0.15, 0.2) is 12.4 Å². The molecule has 7 nitrogen and oxygen atoms in total. The number of imidazole rings is 1. The number of amides is 1. The third-order valence-electron chi connectivity index (χ3n) is 5.42. The van der Waals surface area contributed by atoms with E-state index in [1.807, 2.05) is 4.90 Å². The van der Waals surface area contributed by atoms with Gasteiger partial charge in [-0.3, -0.25) is 14.3 Å². The van der Waals surface area contributed by atoms with Gasteiger partial charge >= 0.3 is 6.55 Å². The van der Waals surface area contributed by atoms with E-state index in [9.17, 15) is 13.6 Å². The van der Waals surface area contributed by atoms with Crippen LogP contribution in [0.5, 0.6) is 0 Å². The maximum absolute atomic E-state index is 13.1. The third kappa shape index (κ3) is 4.05. The molecule has 2 saturated heterocycles. The number of hydrogen-bond acceptors (Lipinski definition) is 5. The lowest BCUT2D eigenvalue weighted by Crippen LogP contribution is -2.56. The number of rotatable bonds is 6. The summed E-state index contributed by atoms with van der Waals surface area (Å²) < 4.78 is 32.1. The predicted octanol–water partition coefficient (Wildman–Crippen LogP) is 0.939. The molecule has 0 aromatic carbocycles. The van der Waals surface area contributed by atoms with Gasteiger partial charge in [-0.1, -0.05) is 0 Å². The highest BCUT2D eigenvalue weighted by Crippen LogP contribution is 2.32. The van der Waals surface area contributed by atoms with Crippen molar-refractivity contribution in [2.75, 3.05) is 53.0 Å². The van der Waals surface area contributed by atoms with Crippen molar-refractivity contribution in [3.63, 3.8) is 0 Å². The van der Waals surface area contributed by atoms with E-state index < -0.39 is 12.0 Å². The molecule has 2 fully saturated rings. The number of piperazine rings is 1. The zero-order valence-electron chi connectivity index (χ0n) is 15.2. The first kappa shape index (κ1) is 19.2. The second-order valence-corrected chi connectivity index (χ2v) is 7.06. The molecule has 9 heteroatoms. The Bertz CT molecular complexity index is 590. The molecule has 0 saturated carbocycles. The number of carbonyl (C=O) groups is 1. The monoisotopic (exact) mass is 371 g/mol. The van der Waals surface area contributed by atoms with Gasteiger partial charge in [0.1, 0.15) is 5.82 Å². The summed E-state index contributed by atoms with van der Waals surface area (Å²) in [6.45, 7) is 2.40. The van der Waals surface area contributed by atoms with Crippen LogP contribution in [0.1, 0.15) is 25.2 Å². The summed E-state index contributed by atoms with van der Waals surface area (Å²) in [6.07, 6.45) is 4.26. The molecule has 0 aliphatic carbocycles. The Kier molecular flexibility index (Phi) is 6.20. The molecule has 0 unspecified atom stereocenters. The third-order valence-corrected chi connectivity index (χ3v) is 5.42. The molecule has 3 rings (SSSR count). The highest BCUT2D eigenvalue weighted by Gasteiger charge is 2.42. The molecule has 2 aliphatic rings. The largest absolute Gasteiger partial charge is 0.384 e. The second kappa shape index (κ2) is 8.41. The molecular formula is C17H27F2N5O2. The van der Waals surface area contributed by atoms with Crippen LogP contribution in [0.25, 0.3) is 0 Å². The fraction of sp³-hybridized carbons (Fsp3) is 0.765. The van der Waals surface area contributed by atoms with Gasteiger partial charge in [0.2, 0.25) is 5.91 Å². The standard InChI is InChI=1S/C17H27F2N5O2/c1-26-13-17(2-4-20-5-3-17)15(25)23-10-8-22(9-11-23)12-14-21-6-7-24(14)16(18)19/h6-7,16,20H,2-5,8-13H2,1H3. The Morgan fingerprint density at radius 3 is 2.62 bits per heavy atom. The van der Waals surface area contributed by atoms with Crippen LogP contribution in [0, 0.1) is 5.41 Å². The van der Waals surface area contributed by atoms with E-state index in [0.717, 1.165) is 30.5 Å². The lowest BCUT2D eigenvalue weighted by molar-refractivity contribution is -0.149. The average Bonchev–Trinajstić information content (AvgIpc) is 3.11. The number of methoxy groups -OCH3 is 1. The Labute approximate surface area is 152 Å². The van der Waals surface area contributed by atoms with Crippen molar-refractivity contribution < 1.29 is 18.3 Å². The van der Waals surface area contributed by atoms with E-state index in [1.165, 1.54) is 12.4 Å². The Morgan fingerprint density at radius 2 is 2.00 bits per heavy atom. The molecule has 1 N–H and O–H groups in total. The summed E-state index contributed by atoms with van der Waals surface area (Å²) in [4.78, 5) is 21.1. The number of nitrogens with one attached hydrogen (secondary N) is 1. The van der Waals surface area contributed by atoms with Crippen LogP contribution in [-0.4, -0.2) is 78.2 Å². The van der Waals surface area contributed by atoms with E-state index in [4.69, 9.17) is 4.74 Å². The van der Waals surface area contributed by atoms with E-state index in [1.54, 1.807) is 7.11 Å². The van der Waals surface area contributed by atoms with Crippen molar-refractivity contribution in [1.29, 1.82) is 0 Å². The summed E-state index contributed by atoms with van der Waals surface area (Å²) in [5.74, 6) is 0.517. The maximum atomic E-state index is 13.1. The van der Waals surface area contributed by atoms with Gasteiger partial charge in [0.25, 0.3) is 0 Å². The second-order valence-electron chi connectivity index (χ2n) is 7.06. The number of aromatic nitrogens is 2. The van der Waals surface area contributed by atoms with Crippen molar-refractivity contribution in [2.24, 2.45) is 5.41 Å². The predicted molar refractivity (Wildman–Crippen MR) is 91.7 cm³/mol. The topological polar surface area (TPSA) is 62.6 Å². The SMILES string of the molecule is COCC1(C(=O)N2CCN(Cc3nccn3C(F)F)CC2)CCNCC1. The van der Waals surface area contributed by atoms with Crippen LogP contribution >= 0.6 is 0 Å². The minimum absolute atomic E-state index is 0.162. The molecule has 0 bridgehead atoms. The molecule has 1 amide bonds. The van der Waals surface area contributed by atoms with E-state index >= 15 is 0 Å². The fourth-order valence-electron chi connectivity index (χ4n) is 3.89. The van der Waals surface area contributed by atoms with Crippen LogP contribution in [0.4, 0.5) is 8.78 Å². The highest BCUT2D eigenvalue weighted by atomic mass is 19.3. The summed E-state index contributed by atoms with van der Waals surface area (Å²) in [6, 6.07) is 0. The van der Waals surface area contributed by atoms with Gasteiger partial charge in [0, 0.05) is 45.7 Å². The van der Waals surface area contributed by atoms with Crippen molar-refractivity contribution in [3.8, 4) is 0 Å². The summed E-state index contributed by atoms with van der Waals surface area (Å²) in [7, 11) is 1.64. The lowest BCUT2D eigenvalue weighted by atomic mass is 9.78. The first-order chi connectivity index (χ1) is 12.6. The van der Waals surface area contributed by atoms with Gasteiger partial charge in [-0.2, -0.15) is 8.78 Å². The molecule has 0 radical (unpaired) electrons. The Balaban J connectivity index is 1.57. The smallest absolute Gasteiger partial charge is 0.319 e. The number of ether oxygens (including phenoxy) is 1. The first-order valence-electron chi connectivity index (χ1n) is 9.07. The van der Waals surface area contributed by atoms with Gasteiger partial charge in [-0.15, -0.1) is 0 Å². The van der Waals surface area contributed by atoms with Gasteiger partial charge < -0.3 is 15.0 Å². The zero-order valence-corrected chi connectivity index (χ0v) is 15.2. The minimum atomic E-state index is -2.58. The van der Waals surface area contributed by atoms with Crippen molar-refractivity contribution in [1.82, 2.24) is 24.7 Å². The zero-order chi connectivity index (χ0) is 18.6. The van der Waals surface area contributed by atoms with Gasteiger partial charge in [-0.25, -0.2) is 4.98 Å². The number of halogens is 2. The van der Waals surface area contributed by atoms with Crippen LogP contribution in [-0.2, 0) is 16.1 Å². The molecule has 2 aliphatic heterocycles. The Hall–Kier alpha value is -1.58. The van der Waals surface area contributed by atoms with Crippen LogP contribution in [0.3, 0.4) is 0 Å². The number of piperidine rings is 1. The van der Waals surface area contributed by atoms with Crippen molar-refractivity contribution >= 4 is 5.91 Å². The first-order valence-corrected chi connectivity index (χ1v) is 9.07. The normalized spacial score (nSPS) is 21.3. The Morgan fingerprint density at radius 1 is 1.31 bits per heavy atom. The van der Waals surface area contributed by atoms with E-state index in [2.05, 4.69) is 15.2 Å². The number of hydrogen-bond donors (Lipinski definition) is 1. The van der Waals surface area contributed by atoms with Crippen molar-refractivity contribution in [2.45, 2.75) is 25.9 Å². The number of nitrogens with zero attached hydrogens (tertiary/aromatic N) is 4. The maximum Gasteiger partial charge on any atom is 0.319 e. The van der Waals surface area contributed by atoms with Crippen LogP contribution in [0.2, 0.25) is 0 Å². The van der Waals surface area contributed by atoms with E-state index in [0.29, 0.717) is 45.2 Å². The quantitative estimate of drug-likeness (QED) is 0.806. The number of carbonyl (C=O) groups excluding carboxylic acids is 1. The summed E-state index contributed by atoms with van der Waals surface area (Å²) in [5.41, 5.74) is -0.436. The summed E-state index contributed by atoms with van der Waals surface area (Å²) in [5, 5.41) is 3.30.